The molecule has 1 aromatic carbocycles. The first-order valence-corrected chi connectivity index (χ1v) is 13.2. The fourth-order valence-electron chi connectivity index (χ4n) is 4.62. The Hall–Kier alpha value is -4.48. The maximum absolute atomic E-state index is 13.4. The molecule has 12 heteroatoms. The minimum absolute atomic E-state index is 0.0804. The van der Waals surface area contributed by atoms with E-state index in [-0.39, 0.29) is 29.8 Å². The van der Waals surface area contributed by atoms with Gasteiger partial charge < -0.3 is 25.3 Å². The van der Waals surface area contributed by atoms with E-state index < -0.39 is 0 Å². The van der Waals surface area contributed by atoms with Crippen molar-refractivity contribution in [3.05, 3.63) is 64.7 Å². The van der Waals surface area contributed by atoms with Gasteiger partial charge in [-0.2, -0.15) is 5.10 Å². The molecule has 4 amide bonds. The molecule has 0 fully saturated rings. The second-order valence-electron chi connectivity index (χ2n) is 10.7. The molecule has 0 saturated heterocycles. The van der Waals surface area contributed by atoms with E-state index in [4.69, 9.17) is 5.10 Å². The lowest BCUT2D eigenvalue weighted by Crippen LogP contribution is -2.36. The van der Waals surface area contributed by atoms with Gasteiger partial charge in [-0.1, -0.05) is 19.1 Å². The largest absolute Gasteiger partial charge is 0.347 e. The lowest BCUT2D eigenvalue weighted by Gasteiger charge is -2.32. The molecule has 40 heavy (non-hydrogen) atoms. The highest BCUT2D eigenvalue weighted by molar-refractivity contribution is 5.94. The first kappa shape index (κ1) is 28.5. The highest BCUT2D eigenvalue weighted by atomic mass is 16.2. The second kappa shape index (κ2) is 11.7. The molecule has 2 aromatic heterocycles. The molecular weight excluding hydrogens is 510 g/mol. The summed E-state index contributed by atoms with van der Waals surface area (Å²) in [6.45, 7) is 7.60. The molecule has 0 aliphatic carbocycles. The van der Waals surface area contributed by atoms with E-state index >= 15 is 0 Å². The van der Waals surface area contributed by atoms with Crippen LogP contribution in [0.25, 0.3) is 0 Å². The van der Waals surface area contributed by atoms with Crippen molar-refractivity contribution in [2.24, 2.45) is 0 Å². The average molecular weight is 548 g/mol. The van der Waals surface area contributed by atoms with Crippen molar-refractivity contribution in [2.45, 2.75) is 45.8 Å². The maximum Gasteiger partial charge on any atom is 0.321 e. The van der Waals surface area contributed by atoms with Crippen molar-refractivity contribution in [1.29, 1.82) is 0 Å². The third-order valence-electron chi connectivity index (χ3n) is 6.70. The first-order valence-electron chi connectivity index (χ1n) is 13.2. The van der Waals surface area contributed by atoms with Crippen LogP contribution in [0.1, 0.15) is 70.4 Å². The molecule has 0 radical (unpaired) electrons. The van der Waals surface area contributed by atoms with E-state index in [1.807, 2.05) is 35.6 Å². The Morgan fingerprint density at radius 3 is 2.25 bits per heavy atom. The topological polar surface area (TPSA) is 129 Å². The van der Waals surface area contributed by atoms with Gasteiger partial charge in [-0.25, -0.2) is 14.8 Å². The summed E-state index contributed by atoms with van der Waals surface area (Å²) in [6.07, 6.45) is 3.07. The van der Waals surface area contributed by atoms with Gasteiger partial charge in [-0.3, -0.25) is 14.3 Å². The van der Waals surface area contributed by atoms with E-state index in [0.717, 1.165) is 16.8 Å². The molecule has 3 aromatic rings. The van der Waals surface area contributed by atoms with Crippen LogP contribution in [-0.2, 0) is 13.1 Å². The summed E-state index contributed by atoms with van der Waals surface area (Å²) in [5, 5.41) is 10.5. The number of rotatable bonds is 7. The molecule has 3 heterocycles. The van der Waals surface area contributed by atoms with Crippen molar-refractivity contribution in [3.8, 4) is 0 Å². The Morgan fingerprint density at radius 2 is 1.68 bits per heavy atom. The molecule has 0 saturated carbocycles. The van der Waals surface area contributed by atoms with Crippen molar-refractivity contribution >= 4 is 29.5 Å². The normalized spacial score (nSPS) is 14.5. The fraction of sp³-hybridized carbons (Fsp3) is 0.429. The van der Waals surface area contributed by atoms with Crippen molar-refractivity contribution in [2.75, 3.05) is 45.0 Å². The molecular formula is C28H37N9O3. The Balaban J connectivity index is 1.52. The minimum Gasteiger partial charge on any atom is -0.347 e. The van der Waals surface area contributed by atoms with Gasteiger partial charge >= 0.3 is 6.03 Å². The van der Waals surface area contributed by atoms with Gasteiger partial charge in [0, 0.05) is 82.6 Å². The minimum atomic E-state index is -0.262. The molecule has 1 atom stereocenters. The number of benzene rings is 1. The quantitative estimate of drug-likeness (QED) is 0.465. The Bertz CT molecular complexity index is 1380. The molecule has 0 unspecified atom stereocenters. The standard InChI is InChI=1S/C28H37N9O3/c1-17(2)37-24-18(3)15-36(27-30-13-20(14-31-27)26(39)34(4)5)16-22(24)23(33-37)25(38)29-12-19-8-10-21(11-9-19)32-28(40)35(6)7/h8-11,13-14,17-18H,12,15-16H2,1-7H3,(H,29,38)(H,32,40)/t18-/m0/s1. The van der Waals surface area contributed by atoms with Crippen molar-refractivity contribution in [3.63, 3.8) is 0 Å². The van der Waals surface area contributed by atoms with E-state index in [9.17, 15) is 14.4 Å². The number of aromatic nitrogens is 4. The summed E-state index contributed by atoms with van der Waals surface area (Å²) in [6, 6.07) is 7.20. The summed E-state index contributed by atoms with van der Waals surface area (Å²) in [5.74, 6) is 0.156. The zero-order valence-electron chi connectivity index (χ0n) is 24.1. The zero-order valence-corrected chi connectivity index (χ0v) is 24.1. The summed E-state index contributed by atoms with van der Waals surface area (Å²) in [4.78, 5) is 51.4. The highest BCUT2D eigenvalue weighted by Gasteiger charge is 2.34. The predicted molar refractivity (Wildman–Crippen MR) is 152 cm³/mol. The van der Waals surface area contributed by atoms with Gasteiger partial charge in [0.05, 0.1) is 12.1 Å². The summed E-state index contributed by atoms with van der Waals surface area (Å²) in [7, 11) is 6.72. The van der Waals surface area contributed by atoms with E-state index in [1.165, 1.54) is 22.2 Å². The van der Waals surface area contributed by atoms with Gasteiger partial charge in [0.25, 0.3) is 11.8 Å². The molecule has 12 nitrogen and oxygen atoms in total. The number of carbonyl (C=O) groups excluding carboxylic acids is 3. The van der Waals surface area contributed by atoms with Gasteiger partial charge in [-0.15, -0.1) is 0 Å². The molecule has 1 aliphatic rings. The number of urea groups is 1. The lowest BCUT2D eigenvalue weighted by atomic mass is 9.95. The Morgan fingerprint density at radius 1 is 1.02 bits per heavy atom. The highest BCUT2D eigenvalue weighted by Crippen LogP contribution is 2.33. The van der Waals surface area contributed by atoms with Crippen LogP contribution in [0.4, 0.5) is 16.4 Å². The second-order valence-corrected chi connectivity index (χ2v) is 10.7. The number of amides is 4. The molecule has 4 rings (SSSR count). The first-order chi connectivity index (χ1) is 19.0. The smallest absolute Gasteiger partial charge is 0.321 e. The van der Waals surface area contributed by atoms with E-state index in [2.05, 4.69) is 27.5 Å². The van der Waals surface area contributed by atoms with E-state index in [0.29, 0.717) is 42.5 Å². The fourth-order valence-corrected chi connectivity index (χ4v) is 4.62. The Labute approximate surface area is 234 Å². The maximum atomic E-state index is 13.4. The van der Waals surface area contributed by atoms with Crippen LogP contribution < -0.4 is 15.5 Å². The van der Waals surface area contributed by atoms with Crippen LogP contribution in [0.2, 0.25) is 0 Å². The molecule has 0 bridgehead atoms. The van der Waals surface area contributed by atoms with E-state index in [1.54, 1.807) is 40.3 Å². The number of hydrogen-bond donors (Lipinski definition) is 2. The van der Waals surface area contributed by atoms with Crippen LogP contribution in [0, 0.1) is 0 Å². The van der Waals surface area contributed by atoms with Gasteiger partial charge in [0.2, 0.25) is 5.95 Å². The third-order valence-corrected chi connectivity index (χ3v) is 6.70. The van der Waals surface area contributed by atoms with Crippen LogP contribution in [0.3, 0.4) is 0 Å². The summed E-state index contributed by atoms with van der Waals surface area (Å²) in [5.41, 5.74) is 4.26. The monoisotopic (exact) mass is 547 g/mol. The van der Waals surface area contributed by atoms with Crippen LogP contribution in [0.15, 0.2) is 36.7 Å². The number of hydrogen-bond acceptors (Lipinski definition) is 7. The number of anilines is 2. The van der Waals surface area contributed by atoms with Crippen LogP contribution in [0.5, 0.6) is 0 Å². The molecule has 1 aliphatic heterocycles. The van der Waals surface area contributed by atoms with Gasteiger partial charge in [0.15, 0.2) is 5.69 Å². The number of carbonyl (C=O) groups is 3. The molecule has 0 spiro atoms. The van der Waals surface area contributed by atoms with Crippen LogP contribution in [-0.4, -0.2) is 82.1 Å². The van der Waals surface area contributed by atoms with Crippen LogP contribution >= 0.6 is 0 Å². The number of fused-ring (bicyclic) bond motifs is 1. The number of nitrogens with one attached hydrogen (secondary N) is 2. The zero-order chi connectivity index (χ0) is 29.1. The van der Waals surface area contributed by atoms with Crippen molar-refractivity contribution < 1.29 is 14.4 Å². The molecule has 212 valence electrons. The summed E-state index contributed by atoms with van der Waals surface area (Å²) >= 11 is 0. The van der Waals surface area contributed by atoms with Crippen molar-refractivity contribution in [1.82, 2.24) is 34.9 Å². The lowest BCUT2D eigenvalue weighted by molar-refractivity contribution is 0.0826. The SMILES string of the molecule is CC(C)n1nc(C(=O)NCc2ccc(NC(=O)N(C)C)cc2)c2c1[C@@H](C)CN(c1ncc(C(=O)N(C)C)cn1)C2. The average Bonchev–Trinajstić information content (AvgIpc) is 3.33. The Kier molecular flexibility index (Phi) is 8.36. The van der Waals surface area contributed by atoms with Gasteiger partial charge in [-0.05, 0) is 31.5 Å². The molecule has 2 N–H and O–H groups in total. The predicted octanol–water partition coefficient (Wildman–Crippen LogP) is 3.10. The third kappa shape index (κ3) is 6.05. The number of nitrogens with zero attached hydrogens (tertiary/aromatic N) is 7. The summed E-state index contributed by atoms with van der Waals surface area (Å²) < 4.78 is 1.94. The van der Waals surface area contributed by atoms with Gasteiger partial charge in [0.1, 0.15) is 0 Å².